The molecule has 2 saturated heterocycles. The van der Waals surface area contributed by atoms with Gasteiger partial charge in [-0.15, -0.1) is 0 Å². The van der Waals surface area contributed by atoms with Gasteiger partial charge >= 0.3 is 13.5 Å². The highest BCUT2D eigenvalue weighted by Crippen LogP contribution is 2.57. The van der Waals surface area contributed by atoms with Crippen LogP contribution in [0, 0.1) is 0 Å². The van der Waals surface area contributed by atoms with Crippen LogP contribution >= 0.6 is 7.82 Å². The maximum absolute atomic E-state index is 12.8. The molecular formula is C17H21N4O8P. The number of nitrogens with two attached hydrogens (primary N) is 1. The molecule has 0 aromatic carbocycles. The smallest absolute Gasteiger partial charge is 0.387 e. The highest BCUT2D eigenvalue weighted by Gasteiger charge is 2.46. The van der Waals surface area contributed by atoms with Crippen molar-refractivity contribution < 1.29 is 33.1 Å². The molecule has 0 aliphatic carbocycles. The predicted octanol–water partition coefficient (Wildman–Crippen LogP) is 0.143. The van der Waals surface area contributed by atoms with Gasteiger partial charge in [-0.1, -0.05) is 6.07 Å². The minimum absolute atomic E-state index is 0.0111. The molecule has 2 aliphatic heterocycles. The molecule has 0 amide bonds. The first kappa shape index (κ1) is 21.1. The zero-order chi connectivity index (χ0) is 21.3. The number of pyridine rings is 1. The summed E-state index contributed by atoms with van der Waals surface area (Å²) in [4.78, 5) is 19.6. The minimum Gasteiger partial charge on any atom is -0.387 e. The van der Waals surface area contributed by atoms with Crippen LogP contribution in [-0.4, -0.2) is 56.3 Å². The van der Waals surface area contributed by atoms with E-state index in [0.717, 1.165) is 10.1 Å². The first-order valence-corrected chi connectivity index (χ1v) is 10.7. The Kier molecular flexibility index (Phi) is 5.98. The number of hydrogen-bond donors (Lipinski definition) is 3. The van der Waals surface area contributed by atoms with Gasteiger partial charge in [0.15, 0.2) is 6.23 Å². The standard InChI is InChI=1S/C17H21N4O8P/c18-13-3-6-21(17(24)20-13)16-15(23)14(22)12(28-16)9-27-30(25)26-7-4-11(29-30)10-2-1-5-19-8-10/h1-3,5-6,8,11-12,14-16,22-23H,4,7,9H2,(H2,18,20,24)/t11-,12+,14+,15-,16+,30+/m0/s1. The summed E-state index contributed by atoms with van der Waals surface area (Å²) in [6, 6.07) is 4.88. The number of aliphatic hydroxyl groups is 2. The number of anilines is 1. The predicted molar refractivity (Wildman–Crippen MR) is 101 cm³/mol. The van der Waals surface area contributed by atoms with Gasteiger partial charge in [0.05, 0.1) is 19.3 Å². The molecule has 0 bridgehead atoms. The van der Waals surface area contributed by atoms with Crippen LogP contribution in [0.2, 0.25) is 0 Å². The Bertz CT molecular complexity index is 989. The Labute approximate surface area is 170 Å². The molecule has 2 fully saturated rings. The summed E-state index contributed by atoms with van der Waals surface area (Å²) in [6.07, 6.45) is -0.713. The number of ether oxygens (including phenoxy) is 1. The molecule has 12 nitrogen and oxygen atoms in total. The second-order valence-electron chi connectivity index (χ2n) is 6.83. The number of aliphatic hydroxyl groups excluding tert-OH is 2. The minimum atomic E-state index is -3.94. The highest BCUT2D eigenvalue weighted by atomic mass is 31.2. The topological polar surface area (TPSA) is 168 Å². The summed E-state index contributed by atoms with van der Waals surface area (Å²) in [5.74, 6) is 0.0111. The quantitative estimate of drug-likeness (QED) is 0.541. The number of aromatic nitrogens is 3. The lowest BCUT2D eigenvalue weighted by Crippen LogP contribution is -2.36. The van der Waals surface area contributed by atoms with Gasteiger partial charge in [-0.25, -0.2) is 9.36 Å². The van der Waals surface area contributed by atoms with Crippen LogP contribution in [0.3, 0.4) is 0 Å². The summed E-state index contributed by atoms with van der Waals surface area (Å²) in [6.45, 7) is -0.258. The molecular weight excluding hydrogens is 419 g/mol. The van der Waals surface area contributed by atoms with Crippen LogP contribution in [0.15, 0.2) is 41.6 Å². The van der Waals surface area contributed by atoms with E-state index in [-0.39, 0.29) is 12.4 Å². The molecule has 2 aromatic heterocycles. The van der Waals surface area contributed by atoms with E-state index in [4.69, 9.17) is 24.0 Å². The van der Waals surface area contributed by atoms with Gasteiger partial charge in [-0.2, -0.15) is 4.98 Å². The lowest BCUT2D eigenvalue weighted by atomic mass is 10.1. The summed E-state index contributed by atoms with van der Waals surface area (Å²) < 4.78 is 35.4. The Morgan fingerprint density at radius 2 is 2.17 bits per heavy atom. The molecule has 6 atom stereocenters. The Morgan fingerprint density at radius 1 is 1.33 bits per heavy atom. The van der Waals surface area contributed by atoms with Gasteiger partial charge in [0.1, 0.15) is 24.1 Å². The van der Waals surface area contributed by atoms with Gasteiger partial charge < -0.3 is 20.7 Å². The molecule has 0 radical (unpaired) electrons. The number of rotatable bonds is 5. The van der Waals surface area contributed by atoms with E-state index in [1.807, 2.05) is 0 Å². The number of nitrogens with zero attached hydrogens (tertiary/aromatic N) is 3. The molecule has 162 valence electrons. The largest absolute Gasteiger partial charge is 0.475 e. The number of phosphoric ester groups is 1. The molecule has 4 rings (SSSR count). The van der Waals surface area contributed by atoms with Crippen LogP contribution in [-0.2, 0) is 22.9 Å². The SMILES string of the molecule is Nc1ccn([C@@H]2O[C@H](CO[P@@]3(=O)OCC[C@@H](c4cccnc4)O3)[C@@H](O)[C@@H]2O)c(=O)n1. The molecule has 30 heavy (non-hydrogen) atoms. The Balaban J connectivity index is 1.42. The van der Waals surface area contributed by atoms with Crippen molar-refractivity contribution in [3.63, 3.8) is 0 Å². The molecule has 0 saturated carbocycles. The maximum Gasteiger partial charge on any atom is 0.475 e. The van der Waals surface area contributed by atoms with Crippen molar-refractivity contribution in [2.75, 3.05) is 18.9 Å². The third-order valence-corrected chi connectivity index (χ3v) is 6.28. The zero-order valence-corrected chi connectivity index (χ0v) is 16.6. The average Bonchev–Trinajstić information content (AvgIpc) is 3.01. The van der Waals surface area contributed by atoms with Gasteiger partial charge in [0, 0.05) is 25.0 Å². The maximum atomic E-state index is 12.8. The fourth-order valence-electron chi connectivity index (χ4n) is 3.25. The average molecular weight is 440 g/mol. The Morgan fingerprint density at radius 3 is 2.90 bits per heavy atom. The summed E-state index contributed by atoms with van der Waals surface area (Å²) in [7, 11) is -3.94. The normalized spacial score (nSPS) is 34.1. The van der Waals surface area contributed by atoms with Gasteiger partial charge in [0.25, 0.3) is 0 Å². The van der Waals surface area contributed by atoms with Crippen molar-refractivity contribution in [1.82, 2.24) is 14.5 Å². The van der Waals surface area contributed by atoms with E-state index in [2.05, 4.69) is 9.97 Å². The fourth-order valence-corrected chi connectivity index (χ4v) is 4.65. The van der Waals surface area contributed by atoms with Crippen LogP contribution < -0.4 is 11.4 Å². The van der Waals surface area contributed by atoms with Gasteiger partial charge in [0.2, 0.25) is 0 Å². The fraction of sp³-hybridized carbons (Fsp3) is 0.471. The highest BCUT2D eigenvalue weighted by molar-refractivity contribution is 7.48. The van der Waals surface area contributed by atoms with Gasteiger partial charge in [-0.3, -0.25) is 23.1 Å². The van der Waals surface area contributed by atoms with Crippen molar-refractivity contribution in [2.24, 2.45) is 0 Å². The third kappa shape index (κ3) is 4.30. The van der Waals surface area contributed by atoms with Crippen molar-refractivity contribution in [2.45, 2.75) is 37.1 Å². The second-order valence-corrected chi connectivity index (χ2v) is 8.46. The Hall–Kier alpha value is -2.18. The summed E-state index contributed by atoms with van der Waals surface area (Å²) >= 11 is 0. The lowest BCUT2D eigenvalue weighted by molar-refractivity contribution is -0.0609. The number of hydrogen-bond acceptors (Lipinski definition) is 11. The molecule has 2 aliphatic rings. The van der Waals surface area contributed by atoms with E-state index >= 15 is 0 Å². The zero-order valence-electron chi connectivity index (χ0n) is 15.7. The number of nitrogen functional groups attached to an aromatic ring is 1. The van der Waals surface area contributed by atoms with Crippen LogP contribution in [0.25, 0.3) is 0 Å². The lowest BCUT2D eigenvalue weighted by Gasteiger charge is -2.29. The summed E-state index contributed by atoms with van der Waals surface area (Å²) in [5.41, 5.74) is 5.43. The molecule has 13 heteroatoms. The van der Waals surface area contributed by atoms with Crippen molar-refractivity contribution in [3.8, 4) is 0 Å². The van der Waals surface area contributed by atoms with Gasteiger partial charge in [-0.05, 0) is 17.7 Å². The van der Waals surface area contributed by atoms with Crippen molar-refractivity contribution in [1.29, 1.82) is 0 Å². The molecule has 0 unspecified atom stereocenters. The molecule has 2 aromatic rings. The molecule has 0 spiro atoms. The van der Waals surface area contributed by atoms with E-state index in [1.54, 1.807) is 24.5 Å². The van der Waals surface area contributed by atoms with E-state index in [9.17, 15) is 19.6 Å². The van der Waals surface area contributed by atoms with Crippen LogP contribution in [0.1, 0.15) is 24.3 Å². The van der Waals surface area contributed by atoms with E-state index < -0.39 is 50.8 Å². The number of phosphoric acid groups is 1. The third-order valence-electron chi connectivity index (χ3n) is 4.80. The molecule has 4 N–H and O–H groups in total. The van der Waals surface area contributed by atoms with Crippen molar-refractivity contribution in [3.05, 3.63) is 52.8 Å². The summed E-state index contributed by atoms with van der Waals surface area (Å²) in [5, 5.41) is 20.6. The first-order chi connectivity index (χ1) is 14.4. The monoisotopic (exact) mass is 440 g/mol. The van der Waals surface area contributed by atoms with Crippen LogP contribution in [0.5, 0.6) is 0 Å². The second kappa shape index (κ2) is 8.52. The molecule has 4 heterocycles. The van der Waals surface area contributed by atoms with Crippen molar-refractivity contribution >= 4 is 13.6 Å². The van der Waals surface area contributed by atoms with E-state index in [1.165, 1.54) is 12.3 Å². The van der Waals surface area contributed by atoms with Crippen LogP contribution in [0.4, 0.5) is 5.82 Å². The van der Waals surface area contributed by atoms with E-state index in [0.29, 0.717) is 6.42 Å². The first-order valence-electron chi connectivity index (χ1n) is 9.20.